The molecular weight excluding hydrogens is 256 g/mol. The van der Waals surface area contributed by atoms with Crippen LogP contribution in [0.5, 0.6) is 0 Å². The van der Waals surface area contributed by atoms with E-state index < -0.39 is 18.4 Å². The zero-order valence-corrected chi connectivity index (χ0v) is 10.0. The van der Waals surface area contributed by atoms with E-state index in [9.17, 15) is 13.6 Å². The average molecular weight is 267 g/mol. The first kappa shape index (κ1) is 13.1. The topological polar surface area (TPSA) is 72.7 Å². The first-order chi connectivity index (χ1) is 8.96. The summed E-state index contributed by atoms with van der Waals surface area (Å²) in [5.74, 6) is -3.66. The SMILES string of the molecule is CC(F)(F)CNC(=O)c1cn(-c2cccnc2)nn1. The Balaban J connectivity index is 2.07. The number of pyridine rings is 1. The second-order valence-corrected chi connectivity index (χ2v) is 4.01. The molecule has 2 rings (SSSR count). The summed E-state index contributed by atoms with van der Waals surface area (Å²) >= 11 is 0. The number of rotatable bonds is 4. The largest absolute Gasteiger partial charge is 0.345 e. The summed E-state index contributed by atoms with van der Waals surface area (Å²) in [5, 5.41) is 9.43. The van der Waals surface area contributed by atoms with Crippen molar-refractivity contribution in [2.24, 2.45) is 0 Å². The second-order valence-electron chi connectivity index (χ2n) is 4.01. The molecule has 0 bridgehead atoms. The highest BCUT2D eigenvalue weighted by Crippen LogP contribution is 2.09. The summed E-state index contributed by atoms with van der Waals surface area (Å²) < 4.78 is 26.5. The van der Waals surface area contributed by atoms with Gasteiger partial charge in [0.05, 0.1) is 24.6 Å². The standard InChI is InChI=1S/C11H11F2N5O/c1-11(12,13)7-15-10(19)9-6-18(17-16-9)8-3-2-4-14-5-8/h2-6H,7H2,1H3,(H,15,19). The number of nitrogens with zero attached hydrogens (tertiary/aromatic N) is 4. The summed E-state index contributed by atoms with van der Waals surface area (Å²) in [6.07, 6.45) is 4.48. The molecule has 1 N–H and O–H groups in total. The molecule has 0 saturated carbocycles. The van der Waals surface area contributed by atoms with Crippen molar-refractivity contribution in [1.29, 1.82) is 0 Å². The molecule has 0 spiro atoms. The number of aromatic nitrogens is 4. The lowest BCUT2D eigenvalue weighted by Crippen LogP contribution is -2.34. The number of hydrogen-bond donors (Lipinski definition) is 1. The van der Waals surface area contributed by atoms with Gasteiger partial charge in [-0.15, -0.1) is 5.10 Å². The summed E-state index contributed by atoms with van der Waals surface area (Å²) in [4.78, 5) is 15.5. The van der Waals surface area contributed by atoms with Crippen LogP contribution < -0.4 is 5.32 Å². The number of halogens is 2. The third-order valence-corrected chi connectivity index (χ3v) is 2.20. The third-order valence-electron chi connectivity index (χ3n) is 2.20. The molecule has 0 radical (unpaired) electrons. The third kappa shape index (κ3) is 3.54. The van der Waals surface area contributed by atoms with Crippen LogP contribution in [0.2, 0.25) is 0 Å². The van der Waals surface area contributed by atoms with Crippen LogP contribution in [0.1, 0.15) is 17.4 Å². The Kier molecular flexibility index (Phi) is 3.50. The molecule has 2 aromatic heterocycles. The van der Waals surface area contributed by atoms with E-state index in [1.165, 1.54) is 17.1 Å². The van der Waals surface area contributed by atoms with Crippen LogP contribution in [0.15, 0.2) is 30.7 Å². The number of nitrogens with one attached hydrogen (secondary N) is 1. The molecule has 0 aliphatic rings. The first-order valence-corrected chi connectivity index (χ1v) is 5.44. The van der Waals surface area contributed by atoms with Crippen molar-refractivity contribution < 1.29 is 13.6 Å². The summed E-state index contributed by atoms with van der Waals surface area (Å²) in [6, 6.07) is 3.43. The van der Waals surface area contributed by atoms with E-state index in [-0.39, 0.29) is 5.69 Å². The monoisotopic (exact) mass is 267 g/mol. The molecule has 0 saturated heterocycles. The van der Waals surface area contributed by atoms with Crippen molar-refractivity contribution in [3.8, 4) is 5.69 Å². The summed E-state index contributed by atoms with van der Waals surface area (Å²) in [6.45, 7) is -0.0225. The van der Waals surface area contributed by atoms with Crippen LogP contribution in [-0.2, 0) is 0 Å². The van der Waals surface area contributed by atoms with E-state index in [0.29, 0.717) is 5.69 Å². The fraction of sp³-hybridized carbons (Fsp3) is 0.273. The van der Waals surface area contributed by atoms with Gasteiger partial charge in [-0.1, -0.05) is 5.21 Å². The van der Waals surface area contributed by atoms with Crippen LogP contribution in [0.4, 0.5) is 8.78 Å². The quantitative estimate of drug-likeness (QED) is 0.898. The highest BCUT2D eigenvalue weighted by molar-refractivity contribution is 5.91. The fourth-order valence-electron chi connectivity index (χ4n) is 1.31. The van der Waals surface area contributed by atoms with Gasteiger partial charge in [-0.25, -0.2) is 13.5 Å². The average Bonchev–Trinajstić information content (AvgIpc) is 2.86. The number of carbonyl (C=O) groups is 1. The molecule has 0 aromatic carbocycles. The highest BCUT2D eigenvalue weighted by Gasteiger charge is 2.23. The van der Waals surface area contributed by atoms with Gasteiger partial charge < -0.3 is 5.32 Å². The van der Waals surface area contributed by atoms with E-state index in [1.54, 1.807) is 18.3 Å². The van der Waals surface area contributed by atoms with Crippen molar-refractivity contribution in [2.45, 2.75) is 12.8 Å². The van der Waals surface area contributed by atoms with Crippen molar-refractivity contribution in [1.82, 2.24) is 25.3 Å². The maximum absolute atomic E-state index is 12.6. The van der Waals surface area contributed by atoms with Gasteiger partial charge in [0, 0.05) is 13.1 Å². The molecule has 100 valence electrons. The smallest absolute Gasteiger partial charge is 0.273 e. The highest BCUT2D eigenvalue weighted by atomic mass is 19.3. The predicted octanol–water partition coefficient (Wildman–Crippen LogP) is 1.05. The van der Waals surface area contributed by atoms with Crippen LogP contribution >= 0.6 is 0 Å². The normalized spacial score (nSPS) is 11.3. The zero-order valence-electron chi connectivity index (χ0n) is 10.0. The van der Waals surface area contributed by atoms with Crippen molar-refractivity contribution in [3.63, 3.8) is 0 Å². The minimum absolute atomic E-state index is 0.0342. The van der Waals surface area contributed by atoms with Gasteiger partial charge in [-0.2, -0.15) is 0 Å². The molecule has 2 heterocycles. The van der Waals surface area contributed by atoms with Gasteiger partial charge in [0.1, 0.15) is 0 Å². The predicted molar refractivity (Wildman–Crippen MR) is 62.1 cm³/mol. The molecule has 2 aromatic rings. The molecule has 6 nitrogen and oxygen atoms in total. The maximum Gasteiger partial charge on any atom is 0.273 e. The molecule has 8 heteroatoms. The maximum atomic E-state index is 12.6. The van der Waals surface area contributed by atoms with Crippen molar-refractivity contribution in [2.75, 3.05) is 6.54 Å². The van der Waals surface area contributed by atoms with Crippen molar-refractivity contribution in [3.05, 3.63) is 36.4 Å². The lowest BCUT2D eigenvalue weighted by molar-refractivity contribution is 0.0220. The lowest BCUT2D eigenvalue weighted by Gasteiger charge is -2.09. The minimum Gasteiger partial charge on any atom is -0.345 e. The fourth-order valence-corrected chi connectivity index (χ4v) is 1.31. The van der Waals surface area contributed by atoms with Gasteiger partial charge in [0.25, 0.3) is 11.8 Å². The molecule has 0 aliphatic carbocycles. The van der Waals surface area contributed by atoms with E-state index in [4.69, 9.17) is 0 Å². The van der Waals surface area contributed by atoms with Gasteiger partial charge in [-0.05, 0) is 12.1 Å². The number of hydrogen-bond acceptors (Lipinski definition) is 4. The zero-order chi connectivity index (χ0) is 13.9. The molecular formula is C11H11F2N5O. The minimum atomic E-state index is -2.96. The number of amides is 1. The van der Waals surface area contributed by atoms with E-state index in [2.05, 4.69) is 20.6 Å². The van der Waals surface area contributed by atoms with Gasteiger partial charge >= 0.3 is 0 Å². The Labute approximate surface area is 107 Å². The number of alkyl halides is 2. The van der Waals surface area contributed by atoms with Crippen molar-refractivity contribution >= 4 is 5.91 Å². The van der Waals surface area contributed by atoms with Crippen LogP contribution in [-0.4, -0.2) is 38.4 Å². The van der Waals surface area contributed by atoms with Crippen LogP contribution in [0.25, 0.3) is 5.69 Å². The van der Waals surface area contributed by atoms with Crippen LogP contribution in [0.3, 0.4) is 0 Å². The summed E-state index contributed by atoms with van der Waals surface area (Å²) in [5.41, 5.74) is 0.586. The van der Waals surface area contributed by atoms with E-state index in [1.807, 2.05) is 0 Å². The Bertz CT molecular complexity index is 564. The Hall–Kier alpha value is -2.38. The molecule has 0 unspecified atom stereocenters. The van der Waals surface area contributed by atoms with Gasteiger partial charge in [-0.3, -0.25) is 9.78 Å². The summed E-state index contributed by atoms with van der Waals surface area (Å²) in [7, 11) is 0. The molecule has 0 aliphatic heterocycles. The Morgan fingerprint density at radius 1 is 1.53 bits per heavy atom. The molecule has 1 amide bonds. The Morgan fingerprint density at radius 2 is 2.32 bits per heavy atom. The Morgan fingerprint density at radius 3 is 2.95 bits per heavy atom. The van der Waals surface area contributed by atoms with Gasteiger partial charge in [0.15, 0.2) is 5.69 Å². The van der Waals surface area contributed by atoms with Crippen LogP contribution in [0, 0.1) is 0 Å². The lowest BCUT2D eigenvalue weighted by atomic mass is 10.3. The number of carbonyl (C=O) groups excluding carboxylic acids is 1. The molecule has 19 heavy (non-hydrogen) atoms. The molecule has 0 fully saturated rings. The van der Waals surface area contributed by atoms with E-state index >= 15 is 0 Å². The van der Waals surface area contributed by atoms with E-state index in [0.717, 1.165) is 6.92 Å². The first-order valence-electron chi connectivity index (χ1n) is 5.44. The van der Waals surface area contributed by atoms with Gasteiger partial charge in [0.2, 0.25) is 0 Å². The molecule has 0 atom stereocenters. The second kappa shape index (κ2) is 5.09.